The molecule has 1 N–H and O–H groups in total. The van der Waals surface area contributed by atoms with Crippen LogP contribution in [0, 0.1) is 10.1 Å². The first-order valence-electron chi connectivity index (χ1n) is 8.82. The lowest BCUT2D eigenvalue weighted by atomic mass is 10.1. The molecule has 0 unspecified atom stereocenters. The number of likely N-dealkylation sites (tertiary alicyclic amines) is 1. The zero-order chi connectivity index (χ0) is 18.7. The molecule has 26 heavy (non-hydrogen) atoms. The lowest BCUT2D eigenvalue weighted by Gasteiger charge is -2.16. The Bertz CT molecular complexity index is 824. The van der Waals surface area contributed by atoms with E-state index in [0.29, 0.717) is 25.3 Å². The van der Waals surface area contributed by atoms with Crippen molar-refractivity contribution in [2.45, 2.75) is 32.7 Å². The van der Waals surface area contributed by atoms with E-state index in [2.05, 4.69) is 10.4 Å². The second-order valence-electron chi connectivity index (χ2n) is 6.47. The standard InChI is InChI=1S/C18H23N5O3/c1-3-16-13(12-21(2)20-16)11-19-14-6-7-17(23(25)26)15(10-14)18(24)22-8-4-5-9-22/h6-7,10,12,19H,3-5,8-9,11H2,1-2H3. The Labute approximate surface area is 151 Å². The fourth-order valence-electron chi connectivity index (χ4n) is 3.29. The summed E-state index contributed by atoms with van der Waals surface area (Å²) in [6.45, 7) is 3.91. The molecule has 1 aromatic carbocycles. The lowest BCUT2D eigenvalue weighted by Crippen LogP contribution is -2.28. The molecule has 3 rings (SSSR count). The van der Waals surface area contributed by atoms with E-state index in [0.717, 1.165) is 30.5 Å². The van der Waals surface area contributed by atoms with Gasteiger partial charge in [0.2, 0.25) is 0 Å². The summed E-state index contributed by atoms with van der Waals surface area (Å²) in [5, 5.41) is 19.0. The number of rotatable bonds is 6. The van der Waals surface area contributed by atoms with Gasteiger partial charge in [-0.15, -0.1) is 0 Å². The molecule has 1 aromatic heterocycles. The molecule has 1 saturated heterocycles. The number of benzene rings is 1. The number of aryl methyl sites for hydroxylation is 2. The molecule has 1 aliphatic heterocycles. The average molecular weight is 357 g/mol. The van der Waals surface area contributed by atoms with Crippen LogP contribution in [-0.2, 0) is 20.0 Å². The third kappa shape index (κ3) is 3.68. The van der Waals surface area contributed by atoms with Gasteiger partial charge in [-0.05, 0) is 31.4 Å². The molecule has 1 amide bonds. The number of nitrogens with zero attached hydrogens (tertiary/aromatic N) is 4. The number of hydrogen-bond donors (Lipinski definition) is 1. The molecule has 2 aromatic rings. The van der Waals surface area contributed by atoms with Crippen molar-refractivity contribution in [3.05, 3.63) is 51.3 Å². The van der Waals surface area contributed by atoms with Crippen LogP contribution in [0.25, 0.3) is 0 Å². The maximum absolute atomic E-state index is 12.7. The SMILES string of the molecule is CCc1nn(C)cc1CNc1ccc([N+](=O)[O-])c(C(=O)N2CCCC2)c1. The smallest absolute Gasteiger partial charge is 0.282 e. The molecule has 8 heteroatoms. The minimum Gasteiger partial charge on any atom is -0.381 e. The van der Waals surface area contributed by atoms with Crippen LogP contribution in [0.5, 0.6) is 0 Å². The molecular formula is C18H23N5O3. The fraction of sp³-hybridized carbons (Fsp3) is 0.444. The summed E-state index contributed by atoms with van der Waals surface area (Å²) < 4.78 is 1.77. The molecule has 0 saturated carbocycles. The average Bonchev–Trinajstić information content (AvgIpc) is 3.28. The second kappa shape index (κ2) is 7.55. The van der Waals surface area contributed by atoms with Gasteiger partial charge in [0, 0.05) is 50.2 Å². The number of hydrogen-bond acceptors (Lipinski definition) is 5. The summed E-state index contributed by atoms with van der Waals surface area (Å²) >= 11 is 0. The van der Waals surface area contributed by atoms with Gasteiger partial charge >= 0.3 is 0 Å². The predicted octanol–water partition coefficient (Wildman–Crippen LogP) is 2.74. The van der Waals surface area contributed by atoms with Gasteiger partial charge in [0.1, 0.15) is 5.56 Å². The summed E-state index contributed by atoms with van der Waals surface area (Å²) in [5.74, 6) is -0.270. The third-order valence-corrected chi connectivity index (χ3v) is 4.63. The molecule has 0 bridgehead atoms. The van der Waals surface area contributed by atoms with E-state index in [9.17, 15) is 14.9 Å². The van der Waals surface area contributed by atoms with Crippen molar-refractivity contribution in [1.29, 1.82) is 0 Å². The highest BCUT2D eigenvalue weighted by Gasteiger charge is 2.27. The molecule has 8 nitrogen and oxygen atoms in total. The summed E-state index contributed by atoms with van der Waals surface area (Å²) in [7, 11) is 1.88. The van der Waals surface area contributed by atoms with Crippen molar-refractivity contribution < 1.29 is 9.72 Å². The second-order valence-corrected chi connectivity index (χ2v) is 6.47. The first-order chi connectivity index (χ1) is 12.5. The van der Waals surface area contributed by atoms with Crippen molar-refractivity contribution in [2.75, 3.05) is 18.4 Å². The normalized spacial score (nSPS) is 13.8. The molecule has 0 aliphatic carbocycles. The van der Waals surface area contributed by atoms with Crippen molar-refractivity contribution in [1.82, 2.24) is 14.7 Å². The zero-order valence-electron chi connectivity index (χ0n) is 15.1. The van der Waals surface area contributed by atoms with Crippen molar-refractivity contribution >= 4 is 17.3 Å². The van der Waals surface area contributed by atoms with Crippen LogP contribution < -0.4 is 5.32 Å². The number of anilines is 1. The maximum atomic E-state index is 12.7. The number of aromatic nitrogens is 2. The molecule has 0 atom stereocenters. The fourth-order valence-corrected chi connectivity index (χ4v) is 3.29. The lowest BCUT2D eigenvalue weighted by molar-refractivity contribution is -0.385. The van der Waals surface area contributed by atoms with Gasteiger partial charge in [0.25, 0.3) is 11.6 Å². The van der Waals surface area contributed by atoms with Gasteiger partial charge in [0.15, 0.2) is 0 Å². The van der Waals surface area contributed by atoms with E-state index < -0.39 is 4.92 Å². The largest absolute Gasteiger partial charge is 0.381 e. The first kappa shape index (κ1) is 17.9. The Balaban J connectivity index is 1.82. The molecule has 1 fully saturated rings. The minimum atomic E-state index is -0.497. The third-order valence-electron chi connectivity index (χ3n) is 4.63. The van der Waals surface area contributed by atoms with E-state index >= 15 is 0 Å². The quantitative estimate of drug-likeness (QED) is 0.634. The molecular weight excluding hydrogens is 334 g/mol. The van der Waals surface area contributed by atoms with Crippen LogP contribution >= 0.6 is 0 Å². The Hall–Kier alpha value is -2.90. The minimum absolute atomic E-state index is 0.142. The van der Waals surface area contributed by atoms with E-state index in [4.69, 9.17) is 0 Å². The van der Waals surface area contributed by atoms with Crippen molar-refractivity contribution in [2.24, 2.45) is 7.05 Å². The summed E-state index contributed by atoms with van der Waals surface area (Å²) in [4.78, 5) is 25.2. The summed E-state index contributed by atoms with van der Waals surface area (Å²) in [6, 6.07) is 4.62. The highest BCUT2D eigenvalue weighted by molar-refractivity contribution is 5.99. The van der Waals surface area contributed by atoms with Gasteiger partial charge in [0.05, 0.1) is 10.6 Å². The van der Waals surface area contributed by atoms with Gasteiger partial charge in [-0.3, -0.25) is 19.6 Å². The summed E-state index contributed by atoms with van der Waals surface area (Å²) in [6.07, 6.45) is 4.67. The number of amides is 1. The van der Waals surface area contributed by atoms with E-state index in [1.54, 1.807) is 21.7 Å². The molecule has 0 radical (unpaired) electrons. The van der Waals surface area contributed by atoms with Crippen LogP contribution in [0.15, 0.2) is 24.4 Å². The Morgan fingerprint density at radius 3 is 2.73 bits per heavy atom. The zero-order valence-corrected chi connectivity index (χ0v) is 15.1. The Kier molecular flexibility index (Phi) is 5.20. The number of carbonyl (C=O) groups excluding carboxylic acids is 1. The van der Waals surface area contributed by atoms with Gasteiger partial charge in [-0.1, -0.05) is 6.92 Å². The van der Waals surface area contributed by atoms with Gasteiger partial charge in [-0.25, -0.2) is 0 Å². The highest BCUT2D eigenvalue weighted by Crippen LogP contribution is 2.26. The summed E-state index contributed by atoms with van der Waals surface area (Å²) in [5.41, 5.74) is 2.76. The number of carbonyl (C=O) groups is 1. The van der Waals surface area contributed by atoms with Gasteiger partial charge < -0.3 is 10.2 Å². The van der Waals surface area contributed by atoms with Crippen LogP contribution in [0.3, 0.4) is 0 Å². The van der Waals surface area contributed by atoms with Crippen LogP contribution in [0.4, 0.5) is 11.4 Å². The molecule has 2 heterocycles. The predicted molar refractivity (Wildman–Crippen MR) is 98.1 cm³/mol. The monoisotopic (exact) mass is 357 g/mol. The van der Waals surface area contributed by atoms with E-state index in [-0.39, 0.29) is 17.2 Å². The highest BCUT2D eigenvalue weighted by atomic mass is 16.6. The van der Waals surface area contributed by atoms with Gasteiger partial charge in [-0.2, -0.15) is 5.10 Å². The number of nitrogens with one attached hydrogen (secondary N) is 1. The van der Waals surface area contributed by atoms with Crippen LogP contribution in [0.1, 0.15) is 41.4 Å². The maximum Gasteiger partial charge on any atom is 0.282 e. The first-order valence-corrected chi connectivity index (χ1v) is 8.82. The van der Waals surface area contributed by atoms with Crippen molar-refractivity contribution in [3.8, 4) is 0 Å². The Morgan fingerprint density at radius 1 is 1.35 bits per heavy atom. The topological polar surface area (TPSA) is 93.3 Å². The molecule has 1 aliphatic rings. The molecule has 138 valence electrons. The molecule has 0 spiro atoms. The van der Waals surface area contributed by atoms with E-state index in [1.165, 1.54) is 6.07 Å². The number of nitro groups is 1. The van der Waals surface area contributed by atoms with Crippen molar-refractivity contribution in [3.63, 3.8) is 0 Å². The number of nitro benzene ring substituents is 1. The van der Waals surface area contributed by atoms with Crippen LogP contribution in [0.2, 0.25) is 0 Å². The van der Waals surface area contributed by atoms with Crippen LogP contribution in [-0.4, -0.2) is 38.6 Å². The van der Waals surface area contributed by atoms with E-state index in [1.807, 2.05) is 20.2 Å². The Morgan fingerprint density at radius 2 is 2.08 bits per heavy atom.